The molecular weight excluding hydrogens is 188 g/mol. The van der Waals surface area contributed by atoms with Crippen molar-refractivity contribution in [2.45, 2.75) is 13.3 Å². The molecule has 0 aliphatic rings. The van der Waals surface area contributed by atoms with Gasteiger partial charge in [-0.2, -0.15) is 0 Å². The lowest BCUT2D eigenvalue weighted by molar-refractivity contribution is 0.0600. The average Bonchev–Trinajstić information content (AvgIpc) is 2.16. The summed E-state index contributed by atoms with van der Waals surface area (Å²) in [6.45, 7) is 2.01. The molecule has 0 fully saturated rings. The van der Waals surface area contributed by atoms with E-state index in [-0.39, 0.29) is 5.97 Å². The molecule has 0 aromatic heterocycles. The van der Waals surface area contributed by atoms with E-state index < -0.39 is 0 Å². The number of hydrogen-bond donors (Lipinski definition) is 0. The first-order valence-electron chi connectivity index (χ1n) is 4.05. The van der Waals surface area contributed by atoms with E-state index in [4.69, 9.17) is 11.6 Å². The van der Waals surface area contributed by atoms with Crippen molar-refractivity contribution >= 4 is 17.6 Å². The van der Waals surface area contributed by atoms with Crippen LogP contribution >= 0.6 is 11.6 Å². The molecule has 70 valence electrons. The third-order valence-corrected chi connectivity index (χ3v) is 2.21. The molecule has 0 saturated heterocycles. The Kier molecular flexibility index (Phi) is 3.32. The maximum atomic E-state index is 11.1. The zero-order valence-corrected chi connectivity index (χ0v) is 8.39. The molecule has 0 N–H and O–H groups in total. The lowest BCUT2D eigenvalue weighted by atomic mass is 10.1. The molecule has 0 aliphatic heterocycles. The minimum atomic E-state index is -0.357. The first-order chi connectivity index (χ1) is 6.19. The largest absolute Gasteiger partial charge is 0.465 e. The molecule has 2 nitrogen and oxygen atoms in total. The Morgan fingerprint density at radius 1 is 1.54 bits per heavy atom. The fourth-order valence-corrected chi connectivity index (χ4v) is 1.39. The fraction of sp³-hybridized carbons (Fsp3) is 0.300. The van der Waals surface area contributed by atoms with Crippen LogP contribution < -0.4 is 0 Å². The molecular formula is C10H11ClO2. The smallest absolute Gasteiger partial charge is 0.337 e. The summed E-state index contributed by atoms with van der Waals surface area (Å²) >= 11 is 5.92. The predicted molar refractivity (Wildman–Crippen MR) is 52.2 cm³/mol. The van der Waals surface area contributed by atoms with Crippen LogP contribution in [0.15, 0.2) is 18.2 Å². The van der Waals surface area contributed by atoms with Crippen LogP contribution in [0.4, 0.5) is 0 Å². The van der Waals surface area contributed by atoms with Crippen LogP contribution in [-0.4, -0.2) is 13.1 Å². The molecule has 0 aliphatic carbocycles. The molecule has 1 aromatic carbocycles. The maximum Gasteiger partial charge on any atom is 0.337 e. The van der Waals surface area contributed by atoms with Crippen LogP contribution in [0.25, 0.3) is 0 Å². The number of benzene rings is 1. The fourth-order valence-electron chi connectivity index (χ4n) is 1.08. The topological polar surface area (TPSA) is 26.3 Å². The van der Waals surface area contributed by atoms with E-state index >= 15 is 0 Å². The summed E-state index contributed by atoms with van der Waals surface area (Å²) in [5.41, 5.74) is 1.53. The summed E-state index contributed by atoms with van der Waals surface area (Å²) in [7, 11) is 1.35. The van der Waals surface area contributed by atoms with E-state index in [1.807, 2.05) is 13.0 Å². The number of methoxy groups -OCH3 is 1. The van der Waals surface area contributed by atoms with E-state index in [0.29, 0.717) is 10.6 Å². The highest BCUT2D eigenvalue weighted by Gasteiger charge is 2.07. The van der Waals surface area contributed by atoms with E-state index in [2.05, 4.69) is 4.74 Å². The quantitative estimate of drug-likeness (QED) is 0.683. The summed E-state index contributed by atoms with van der Waals surface area (Å²) in [5, 5.41) is 0.616. The second-order valence-corrected chi connectivity index (χ2v) is 3.06. The van der Waals surface area contributed by atoms with Gasteiger partial charge in [-0.15, -0.1) is 0 Å². The van der Waals surface area contributed by atoms with Gasteiger partial charge in [0.25, 0.3) is 0 Å². The Morgan fingerprint density at radius 3 is 2.69 bits per heavy atom. The van der Waals surface area contributed by atoms with Gasteiger partial charge in [0, 0.05) is 5.02 Å². The van der Waals surface area contributed by atoms with Crippen LogP contribution in [-0.2, 0) is 11.2 Å². The highest BCUT2D eigenvalue weighted by Crippen LogP contribution is 2.18. The van der Waals surface area contributed by atoms with Gasteiger partial charge in [0.05, 0.1) is 12.7 Å². The van der Waals surface area contributed by atoms with Crippen molar-refractivity contribution in [3.05, 3.63) is 34.3 Å². The van der Waals surface area contributed by atoms with Gasteiger partial charge in [0.15, 0.2) is 0 Å². The first-order valence-corrected chi connectivity index (χ1v) is 4.43. The van der Waals surface area contributed by atoms with Gasteiger partial charge >= 0.3 is 5.97 Å². The van der Waals surface area contributed by atoms with Gasteiger partial charge in [0.1, 0.15) is 0 Å². The van der Waals surface area contributed by atoms with Gasteiger partial charge in [0.2, 0.25) is 0 Å². The standard InChI is InChI=1S/C10H11ClO2/c1-3-7-4-5-8(6-9(7)11)10(12)13-2/h4-6H,3H2,1-2H3. The molecule has 13 heavy (non-hydrogen) atoms. The number of ether oxygens (including phenoxy) is 1. The van der Waals surface area contributed by atoms with Gasteiger partial charge in [-0.1, -0.05) is 24.6 Å². The van der Waals surface area contributed by atoms with E-state index in [1.54, 1.807) is 12.1 Å². The van der Waals surface area contributed by atoms with Crippen molar-refractivity contribution in [2.24, 2.45) is 0 Å². The van der Waals surface area contributed by atoms with E-state index in [0.717, 1.165) is 12.0 Å². The van der Waals surface area contributed by atoms with Crippen molar-refractivity contribution in [1.82, 2.24) is 0 Å². The lowest BCUT2D eigenvalue weighted by Crippen LogP contribution is -2.01. The van der Waals surface area contributed by atoms with Gasteiger partial charge in [-0.25, -0.2) is 4.79 Å². The third kappa shape index (κ3) is 2.22. The SMILES string of the molecule is CCc1ccc(C(=O)OC)cc1Cl. The molecule has 0 saturated carbocycles. The summed E-state index contributed by atoms with van der Waals surface area (Å²) in [6.07, 6.45) is 0.861. The Morgan fingerprint density at radius 2 is 2.23 bits per heavy atom. The summed E-state index contributed by atoms with van der Waals surface area (Å²) in [5.74, 6) is -0.357. The number of rotatable bonds is 2. The molecule has 0 spiro atoms. The van der Waals surface area contributed by atoms with Crippen molar-refractivity contribution < 1.29 is 9.53 Å². The lowest BCUT2D eigenvalue weighted by Gasteiger charge is -2.03. The van der Waals surface area contributed by atoms with Crippen LogP contribution in [0.5, 0.6) is 0 Å². The maximum absolute atomic E-state index is 11.1. The normalized spacial score (nSPS) is 9.77. The van der Waals surface area contributed by atoms with Crippen LogP contribution in [0, 0.1) is 0 Å². The molecule has 0 unspecified atom stereocenters. The number of carbonyl (C=O) groups is 1. The van der Waals surface area contributed by atoms with Crippen LogP contribution in [0.3, 0.4) is 0 Å². The van der Waals surface area contributed by atoms with Crippen molar-refractivity contribution in [3.63, 3.8) is 0 Å². The Balaban J connectivity index is 3.02. The number of carbonyl (C=O) groups excluding carboxylic acids is 1. The highest BCUT2D eigenvalue weighted by atomic mass is 35.5. The third-order valence-electron chi connectivity index (χ3n) is 1.86. The second kappa shape index (κ2) is 4.28. The molecule has 3 heteroatoms. The summed E-state index contributed by atoms with van der Waals surface area (Å²) < 4.78 is 4.57. The molecule has 0 bridgehead atoms. The van der Waals surface area contributed by atoms with Gasteiger partial charge in [-0.3, -0.25) is 0 Å². The molecule has 1 aromatic rings. The predicted octanol–water partition coefficient (Wildman–Crippen LogP) is 2.69. The monoisotopic (exact) mass is 198 g/mol. The van der Waals surface area contributed by atoms with Crippen LogP contribution in [0.2, 0.25) is 5.02 Å². The Hall–Kier alpha value is -1.02. The van der Waals surface area contributed by atoms with Gasteiger partial charge in [-0.05, 0) is 24.1 Å². The van der Waals surface area contributed by atoms with Crippen molar-refractivity contribution in [2.75, 3.05) is 7.11 Å². The zero-order valence-electron chi connectivity index (χ0n) is 7.63. The minimum absolute atomic E-state index is 0.357. The second-order valence-electron chi connectivity index (χ2n) is 2.65. The molecule has 0 radical (unpaired) electrons. The number of esters is 1. The van der Waals surface area contributed by atoms with Crippen molar-refractivity contribution in [3.8, 4) is 0 Å². The number of aryl methyl sites for hydroxylation is 1. The number of hydrogen-bond acceptors (Lipinski definition) is 2. The Labute approximate surface area is 82.5 Å². The molecule has 0 heterocycles. The minimum Gasteiger partial charge on any atom is -0.465 e. The average molecular weight is 199 g/mol. The van der Waals surface area contributed by atoms with Crippen LogP contribution in [0.1, 0.15) is 22.8 Å². The summed E-state index contributed by atoms with van der Waals surface area (Å²) in [6, 6.07) is 5.19. The van der Waals surface area contributed by atoms with E-state index in [9.17, 15) is 4.79 Å². The zero-order chi connectivity index (χ0) is 9.84. The highest BCUT2D eigenvalue weighted by molar-refractivity contribution is 6.31. The first kappa shape index (κ1) is 10.1. The van der Waals surface area contributed by atoms with Gasteiger partial charge < -0.3 is 4.74 Å². The van der Waals surface area contributed by atoms with Crippen molar-refractivity contribution in [1.29, 1.82) is 0 Å². The molecule has 1 rings (SSSR count). The van der Waals surface area contributed by atoms with E-state index in [1.165, 1.54) is 7.11 Å². The summed E-state index contributed by atoms with van der Waals surface area (Å²) in [4.78, 5) is 11.1. The molecule has 0 amide bonds. The molecule has 0 atom stereocenters. The Bertz CT molecular complexity index is 321. The number of halogens is 1.